The van der Waals surface area contributed by atoms with Crippen molar-refractivity contribution in [3.8, 4) is 5.75 Å². The first-order valence-electron chi connectivity index (χ1n) is 10.2. The second-order valence-corrected chi connectivity index (χ2v) is 7.70. The quantitative estimate of drug-likeness (QED) is 0.648. The largest absolute Gasteiger partial charge is 0.487 e. The number of benzene rings is 1. The van der Waals surface area contributed by atoms with Gasteiger partial charge in [-0.05, 0) is 31.0 Å². The molecule has 1 atom stereocenters. The van der Waals surface area contributed by atoms with E-state index in [-0.39, 0.29) is 11.8 Å². The highest BCUT2D eigenvalue weighted by atomic mass is 16.5. The zero-order valence-electron chi connectivity index (χ0n) is 17.6. The van der Waals surface area contributed by atoms with Crippen molar-refractivity contribution in [3.05, 3.63) is 82.9 Å². The van der Waals surface area contributed by atoms with Gasteiger partial charge in [-0.25, -0.2) is 9.78 Å². The Morgan fingerprint density at radius 2 is 2.00 bits per heavy atom. The van der Waals surface area contributed by atoms with E-state index in [1.165, 1.54) is 5.56 Å². The van der Waals surface area contributed by atoms with Gasteiger partial charge in [-0.1, -0.05) is 29.8 Å². The van der Waals surface area contributed by atoms with Crippen molar-refractivity contribution in [3.63, 3.8) is 0 Å². The molecule has 0 saturated carbocycles. The lowest BCUT2D eigenvalue weighted by Crippen LogP contribution is -2.38. The number of carboxylic acids is 1. The van der Waals surface area contributed by atoms with Crippen molar-refractivity contribution in [2.75, 3.05) is 24.6 Å². The molecule has 3 aromatic rings. The number of nitrogens with zero attached hydrogens (tertiary/aromatic N) is 3. The smallest absolute Gasteiger partial charge is 0.354 e. The molecule has 0 amide bonds. The minimum Gasteiger partial charge on any atom is -0.487 e. The lowest BCUT2D eigenvalue weighted by atomic mass is 10.1. The molecule has 1 fully saturated rings. The third-order valence-electron chi connectivity index (χ3n) is 5.33. The van der Waals surface area contributed by atoms with Crippen LogP contribution in [0.3, 0.4) is 0 Å². The van der Waals surface area contributed by atoms with Crippen molar-refractivity contribution in [1.29, 1.82) is 0 Å². The Kier molecular flexibility index (Phi) is 6.13. The minimum absolute atomic E-state index is 0.0686. The molecule has 1 unspecified atom stereocenters. The highest BCUT2D eigenvalue weighted by Gasteiger charge is 2.24. The molecule has 0 spiro atoms. The fraction of sp³-hybridized carbons (Fsp3) is 0.292. The molecular weight excluding hydrogens is 394 g/mol. The number of hydrogen-bond acceptors (Lipinski definition) is 6. The number of carboxylic acid groups (broad SMARTS) is 1. The summed E-state index contributed by atoms with van der Waals surface area (Å²) in [6.07, 6.45) is 4.93. The third kappa shape index (κ3) is 5.00. The molecule has 3 heterocycles. The zero-order chi connectivity index (χ0) is 21.8. The molecule has 31 heavy (non-hydrogen) atoms. The Morgan fingerprint density at radius 3 is 2.74 bits per heavy atom. The molecule has 1 aliphatic rings. The van der Waals surface area contributed by atoms with E-state index in [1.807, 2.05) is 18.3 Å². The van der Waals surface area contributed by atoms with Crippen LogP contribution >= 0.6 is 0 Å². The number of rotatable bonds is 6. The van der Waals surface area contributed by atoms with Gasteiger partial charge in [-0.2, -0.15) is 0 Å². The molecular formula is C24H25N3O4. The highest BCUT2D eigenvalue weighted by Crippen LogP contribution is 2.28. The van der Waals surface area contributed by atoms with Crippen LogP contribution in [0, 0.1) is 13.8 Å². The summed E-state index contributed by atoms with van der Waals surface area (Å²) < 4.78 is 11.9. The number of morpholine rings is 1. The summed E-state index contributed by atoms with van der Waals surface area (Å²) in [7, 11) is 0. The van der Waals surface area contributed by atoms with Crippen molar-refractivity contribution < 1.29 is 19.4 Å². The van der Waals surface area contributed by atoms with Gasteiger partial charge < -0.3 is 19.5 Å². The van der Waals surface area contributed by atoms with Gasteiger partial charge in [0.05, 0.1) is 24.7 Å². The van der Waals surface area contributed by atoms with Gasteiger partial charge in [0.2, 0.25) is 0 Å². The number of hydrogen-bond donors (Lipinski definition) is 1. The van der Waals surface area contributed by atoms with Crippen LogP contribution in [0.5, 0.6) is 5.75 Å². The van der Waals surface area contributed by atoms with Crippen LogP contribution in [0.25, 0.3) is 0 Å². The summed E-state index contributed by atoms with van der Waals surface area (Å²) in [6.45, 7) is 6.21. The maximum Gasteiger partial charge on any atom is 0.354 e. The number of aromatic nitrogens is 2. The maximum absolute atomic E-state index is 11.2. The first-order chi connectivity index (χ1) is 15.0. The van der Waals surface area contributed by atoms with Gasteiger partial charge in [0.15, 0.2) is 5.69 Å². The predicted molar refractivity (Wildman–Crippen MR) is 117 cm³/mol. The predicted octanol–water partition coefficient (Wildman–Crippen LogP) is 3.95. The van der Waals surface area contributed by atoms with Crippen LogP contribution in [0.2, 0.25) is 0 Å². The average Bonchev–Trinajstić information content (AvgIpc) is 2.79. The third-order valence-corrected chi connectivity index (χ3v) is 5.33. The van der Waals surface area contributed by atoms with Gasteiger partial charge in [-0.3, -0.25) is 4.98 Å². The molecule has 0 bridgehead atoms. The van der Waals surface area contributed by atoms with Crippen LogP contribution in [0.1, 0.15) is 38.8 Å². The van der Waals surface area contributed by atoms with Crippen molar-refractivity contribution in [2.24, 2.45) is 0 Å². The standard InChI is InChI=1S/C24H25N3O4/c1-16-3-5-18(6-4-16)15-31-21-10-20(12-25-13-21)27-7-8-30-22(14-27)19-9-17(2)23(24(28)29)26-11-19/h3-6,9-13,22H,7-8,14-15H2,1-2H3,(H,28,29). The first-order valence-corrected chi connectivity index (χ1v) is 10.2. The second-order valence-electron chi connectivity index (χ2n) is 7.70. The first kappa shape index (κ1) is 20.8. The van der Waals surface area contributed by atoms with E-state index in [0.29, 0.717) is 31.1 Å². The Balaban J connectivity index is 1.44. The van der Waals surface area contributed by atoms with Crippen LogP contribution in [0.15, 0.2) is 55.0 Å². The molecule has 1 aromatic carbocycles. The van der Waals surface area contributed by atoms with Gasteiger partial charge in [0.1, 0.15) is 18.5 Å². The number of aromatic carboxylic acids is 1. The molecule has 7 nitrogen and oxygen atoms in total. The highest BCUT2D eigenvalue weighted by molar-refractivity contribution is 5.86. The van der Waals surface area contributed by atoms with E-state index in [0.717, 1.165) is 23.4 Å². The SMILES string of the molecule is Cc1ccc(COc2cncc(N3CCOC(c4cnc(C(=O)O)c(C)c4)C3)c2)cc1. The lowest BCUT2D eigenvalue weighted by molar-refractivity contribution is 0.0394. The number of anilines is 1. The minimum atomic E-state index is -1.02. The van der Waals surface area contributed by atoms with E-state index in [9.17, 15) is 9.90 Å². The van der Waals surface area contributed by atoms with E-state index in [4.69, 9.17) is 9.47 Å². The van der Waals surface area contributed by atoms with Crippen LogP contribution < -0.4 is 9.64 Å². The average molecular weight is 419 g/mol. The molecule has 2 aromatic heterocycles. The molecule has 0 aliphatic carbocycles. The number of carbonyl (C=O) groups is 1. The number of ether oxygens (including phenoxy) is 2. The van der Waals surface area contributed by atoms with Gasteiger partial charge in [0, 0.05) is 30.9 Å². The van der Waals surface area contributed by atoms with E-state index in [2.05, 4.69) is 46.1 Å². The number of pyridine rings is 2. The fourth-order valence-electron chi connectivity index (χ4n) is 3.59. The molecule has 1 aliphatic heterocycles. The second kappa shape index (κ2) is 9.14. The van der Waals surface area contributed by atoms with Gasteiger partial charge in [0.25, 0.3) is 0 Å². The van der Waals surface area contributed by atoms with Crippen LogP contribution in [0.4, 0.5) is 5.69 Å². The van der Waals surface area contributed by atoms with Crippen molar-refractivity contribution in [2.45, 2.75) is 26.6 Å². The zero-order valence-corrected chi connectivity index (χ0v) is 17.6. The molecule has 7 heteroatoms. The summed E-state index contributed by atoms with van der Waals surface area (Å²) in [6, 6.07) is 12.1. The summed E-state index contributed by atoms with van der Waals surface area (Å²) in [4.78, 5) is 21.8. The molecule has 4 rings (SSSR count). The van der Waals surface area contributed by atoms with Crippen LogP contribution in [-0.4, -0.2) is 40.7 Å². The van der Waals surface area contributed by atoms with E-state index < -0.39 is 5.97 Å². The molecule has 1 N–H and O–H groups in total. The summed E-state index contributed by atoms with van der Waals surface area (Å²) >= 11 is 0. The fourth-order valence-corrected chi connectivity index (χ4v) is 3.59. The topological polar surface area (TPSA) is 84.8 Å². The lowest BCUT2D eigenvalue weighted by Gasteiger charge is -2.34. The molecule has 160 valence electrons. The summed E-state index contributed by atoms with van der Waals surface area (Å²) in [5.74, 6) is -0.312. The van der Waals surface area contributed by atoms with Gasteiger partial charge in [-0.15, -0.1) is 0 Å². The Hall–Kier alpha value is -3.45. The Morgan fingerprint density at radius 1 is 1.19 bits per heavy atom. The molecule has 1 saturated heterocycles. The Bertz CT molecular complexity index is 1070. The van der Waals surface area contributed by atoms with Crippen molar-refractivity contribution >= 4 is 11.7 Å². The van der Waals surface area contributed by atoms with Crippen molar-refractivity contribution in [1.82, 2.24) is 9.97 Å². The van der Waals surface area contributed by atoms with Gasteiger partial charge >= 0.3 is 5.97 Å². The Labute approximate surface area is 181 Å². The normalized spacial score (nSPS) is 16.2. The summed E-state index contributed by atoms with van der Waals surface area (Å²) in [5.41, 5.74) is 4.85. The molecule has 0 radical (unpaired) electrons. The number of aryl methyl sites for hydroxylation is 2. The monoisotopic (exact) mass is 419 g/mol. The van der Waals surface area contributed by atoms with E-state index in [1.54, 1.807) is 19.3 Å². The van der Waals surface area contributed by atoms with E-state index >= 15 is 0 Å². The maximum atomic E-state index is 11.2. The van der Waals surface area contributed by atoms with Crippen LogP contribution in [-0.2, 0) is 11.3 Å². The summed E-state index contributed by atoms with van der Waals surface area (Å²) in [5, 5.41) is 9.19.